The average Bonchev–Trinajstić information content (AvgIpc) is 3.37. The van der Waals surface area contributed by atoms with E-state index < -0.39 is 0 Å². The summed E-state index contributed by atoms with van der Waals surface area (Å²) in [6.07, 6.45) is 0. The maximum absolute atomic E-state index is 12.7. The molecule has 4 rings (SSSR count). The number of carbonyl (C=O) groups excluding carboxylic acids is 2. The number of amides is 2. The summed E-state index contributed by atoms with van der Waals surface area (Å²) < 4.78 is 6.83. The number of para-hydroxylation sites is 1. The van der Waals surface area contributed by atoms with Gasteiger partial charge in [0.2, 0.25) is 5.91 Å². The van der Waals surface area contributed by atoms with E-state index in [1.54, 1.807) is 18.2 Å². The molecule has 2 aromatic heterocycles. The van der Waals surface area contributed by atoms with E-state index >= 15 is 0 Å². The minimum Gasteiger partial charge on any atom is -0.448 e. The number of hydrogen-bond donors (Lipinski definition) is 2. The van der Waals surface area contributed by atoms with Crippen molar-refractivity contribution in [2.75, 3.05) is 10.6 Å². The topological polar surface area (TPSA) is 84.2 Å². The van der Waals surface area contributed by atoms with Gasteiger partial charge in [0.05, 0.1) is 10.2 Å². The maximum Gasteiger partial charge on any atom is 0.291 e. The number of aromatic nitrogens is 1. The number of nitrogens with one attached hydrogen (secondary N) is 2. The molecule has 30 heavy (non-hydrogen) atoms. The molecule has 152 valence electrons. The average molecular weight is 420 g/mol. The first kappa shape index (κ1) is 19.8. The third kappa shape index (κ3) is 4.11. The van der Waals surface area contributed by atoms with Crippen LogP contribution in [-0.4, -0.2) is 16.8 Å². The summed E-state index contributed by atoms with van der Waals surface area (Å²) in [5, 5.41) is 6.43. The molecule has 0 aliphatic rings. The molecule has 2 aromatic carbocycles. The van der Waals surface area contributed by atoms with E-state index in [0.29, 0.717) is 17.1 Å². The predicted octanol–water partition coefficient (Wildman–Crippen LogP) is 5.71. The van der Waals surface area contributed by atoms with Gasteiger partial charge in [-0.3, -0.25) is 9.59 Å². The number of benzene rings is 2. The fraction of sp³-hybridized carbons (Fsp3) is 0.174. The maximum atomic E-state index is 12.7. The van der Waals surface area contributed by atoms with Crippen LogP contribution in [0.2, 0.25) is 0 Å². The van der Waals surface area contributed by atoms with Crippen molar-refractivity contribution in [3.63, 3.8) is 0 Å². The van der Waals surface area contributed by atoms with E-state index in [9.17, 15) is 9.59 Å². The highest BCUT2D eigenvalue weighted by Crippen LogP contribution is 2.31. The van der Waals surface area contributed by atoms with Crippen molar-refractivity contribution in [3.8, 4) is 10.8 Å². The fourth-order valence-corrected chi connectivity index (χ4v) is 3.78. The van der Waals surface area contributed by atoms with E-state index in [-0.39, 0.29) is 23.5 Å². The molecule has 0 bridgehead atoms. The zero-order valence-electron chi connectivity index (χ0n) is 16.9. The summed E-state index contributed by atoms with van der Waals surface area (Å²) in [6, 6.07) is 16.6. The van der Waals surface area contributed by atoms with Gasteiger partial charge in [0.1, 0.15) is 0 Å². The van der Waals surface area contributed by atoms with E-state index in [1.807, 2.05) is 57.2 Å². The molecule has 0 saturated heterocycles. The Morgan fingerprint density at radius 1 is 1.03 bits per heavy atom. The van der Waals surface area contributed by atoms with Gasteiger partial charge in [-0.15, -0.1) is 11.3 Å². The molecule has 6 nitrogen and oxygen atoms in total. The quantitative estimate of drug-likeness (QED) is 0.434. The van der Waals surface area contributed by atoms with Crippen molar-refractivity contribution in [3.05, 3.63) is 65.9 Å². The van der Waals surface area contributed by atoms with Crippen LogP contribution >= 0.6 is 11.3 Å². The van der Waals surface area contributed by atoms with Crippen LogP contribution in [-0.2, 0) is 4.79 Å². The van der Waals surface area contributed by atoms with Crippen molar-refractivity contribution in [2.24, 2.45) is 5.92 Å². The second kappa shape index (κ2) is 8.12. The molecule has 0 saturated carbocycles. The number of fused-ring (bicyclic) bond motifs is 1. The van der Waals surface area contributed by atoms with Crippen molar-refractivity contribution in [1.82, 2.24) is 4.98 Å². The first-order chi connectivity index (χ1) is 14.4. The van der Waals surface area contributed by atoms with Gasteiger partial charge in [0, 0.05) is 17.3 Å². The Balaban J connectivity index is 1.52. The third-order valence-corrected chi connectivity index (χ3v) is 5.66. The summed E-state index contributed by atoms with van der Waals surface area (Å²) in [5.41, 5.74) is 3.02. The number of rotatable bonds is 5. The lowest BCUT2D eigenvalue weighted by molar-refractivity contribution is -0.118. The van der Waals surface area contributed by atoms with Crippen molar-refractivity contribution in [2.45, 2.75) is 20.8 Å². The van der Waals surface area contributed by atoms with Gasteiger partial charge in [0.25, 0.3) is 5.91 Å². The largest absolute Gasteiger partial charge is 0.448 e. The molecule has 7 heteroatoms. The van der Waals surface area contributed by atoms with Gasteiger partial charge in [0.15, 0.2) is 16.5 Å². The molecule has 0 atom stereocenters. The number of aryl methyl sites for hydroxylation is 1. The number of nitrogens with zero attached hydrogens (tertiary/aromatic N) is 1. The van der Waals surface area contributed by atoms with Gasteiger partial charge in [-0.2, -0.15) is 0 Å². The Morgan fingerprint density at radius 2 is 1.83 bits per heavy atom. The molecular weight excluding hydrogens is 398 g/mol. The van der Waals surface area contributed by atoms with Crippen LogP contribution < -0.4 is 10.6 Å². The lowest BCUT2D eigenvalue weighted by atomic mass is 10.1. The van der Waals surface area contributed by atoms with Crippen LogP contribution in [0.5, 0.6) is 0 Å². The Labute approximate surface area is 177 Å². The number of carbonyl (C=O) groups is 2. The van der Waals surface area contributed by atoms with E-state index in [4.69, 9.17) is 4.42 Å². The fourth-order valence-electron chi connectivity index (χ4n) is 2.86. The minimum atomic E-state index is -0.363. The monoisotopic (exact) mass is 419 g/mol. The first-order valence-corrected chi connectivity index (χ1v) is 10.4. The molecule has 4 aromatic rings. The minimum absolute atomic E-state index is 0.0809. The number of anilines is 2. The van der Waals surface area contributed by atoms with Crippen LogP contribution in [0, 0.1) is 12.8 Å². The zero-order chi connectivity index (χ0) is 21.3. The highest BCUT2D eigenvalue weighted by atomic mass is 32.1. The summed E-state index contributed by atoms with van der Waals surface area (Å²) in [7, 11) is 0. The summed E-state index contributed by atoms with van der Waals surface area (Å²) in [6.45, 7) is 5.54. The number of thiazole rings is 1. The molecule has 0 unspecified atom stereocenters. The Bertz CT molecular complexity index is 1210. The van der Waals surface area contributed by atoms with E-state index in [0.717, 1.165) is 20.8 Å². The molecule has 0 radical (unpaired) electrons. The normalized spacial score (nSPS) is 11.1. The van der Waals surface area contributed by atoms with Crippen LogP contribution in [0.4, 0.5) is 11.4 Å². The Hall–Kier alpha value is -3.45. The lowest BCUT2D eigenvalue weighted by Crippen LogP contribution is -2.18. The summed E-state index contributed by atoms with van der Waals surface area (Å²) in [4.78, 5) is 29.2. The summed E-state index contributed by atoms with van der Waals surface area (Å²) >= 11 is 1.51. The molecule has 0 spiro atoms. The van der Waals surface area contributed by atoms with Gasteiger partial charge in [-0.1, -0.05) is 32.0 Å². The first-order valence-electron chi connectivity index (χ1n) is 9.59. The van der Waals surface area contributed by atoms with Gasteiger partial charge < -0.3 is 15.1 Å². The highest BCUT2D eigenvalue weighted by Gasteiger charge is 2.16. The van der Waals surface area contributed by atoms with E-state index in [2.05, 4.69) is 15.6 Å². The number of furan rings is 1. The zero-order valence-corrected chi connectivity index (χ0v) is 17.7. The van der Waals surface area contributed by atoms with Gasteiger partial charge >= 0.3 is 0 Å². The van der Waals surface area contributed by atoms with E-state index in [1.165, 1.54) is 11.3 Å². The molecule has 0 aliphatic carbocycles. The SMILES string of the molecule is Cc1ccc(NC(=O)C(C)C)cc1NC(=O)c1ccc(-c2nc3ccccc3s2)o1. The molecule has 0 fully saturated rings. The van der Waals surface area contributed by atoms with Crippen molar-refractivity contribution >= 4 is 44.7 Å². The van der Waals surface area contributed by atoms with Crippen molar-refractivity contribution < 1.29 is 14.0 Å². The smallest absolute Gasteiger partial charge is 0.291 e. The third-order valence-electron chi connectivity index (χ3n) is 4.61. The molecule has 2 amide bonds. The molecule has 2 heterocycles. The molecule has 0 aliphatic heterocycles. The standard InChI is InChI=1S/C23H21N3O3S/c1-13(2)21(27)24-15-9-8-14(3)17(12-15)25-22(28)18-10-11-19(29-18)23-26-16-6-4-5-7-20(16)30-23/h4-13H,1-3H3,(H,24,27)(H,25,28). The Morgan fingerprint density at radius 3 is 2.60 bits per heavy atom. The molecular formula is C23H21N3O3S. The van der Waals surface area contributed by atoms with Crippen LogP contribution in [0.1, 0.15) is 30.0 Å². The van der Waals surface area contributed by atoms with Crippen LogP contribution in [0.15, 0.2) is 59.0 Å². The van der Waals surface area contributed by atoms with Gasteiger partial charge in [-0.05, 0) is 48.9 Å². The van der Waals surface area contributed by atoms with Crippen LogP contribution in [0.25, 0.3) is 21.0 Å². The second-order valence-corrected chi connectivity index (χ2v) is 8.31. The van der Waals surface area contributed by atoms with Gasteiger partial charge in [-0.25, -0.2) is 4.98 Å². The number of hydrogen-bond acceptors (Lipinski definition) is 5. The van der Waals surface area contributed by atoms with Crippen LogP contribution in [0.3, 0.4) is 0 Å². The lowest BCUT2D eigenvalue weighted by Gasteiger charge is -2.12. The predicted molar refractivity (Wildman–Crippen MR) is 120 cm³/mol. The highest BCUT2D eigenvalue weighted by molar-refractivity contribution is 7.21. The Kier molecular flexibility index (Phi) is 5.37. The molecule has 2 N–H and O–H groups in total. The second-order valence-electron chi connectivity index (χ2n) is 7.28. The summed E-state index contributed by atoms with van der Waals surface area (Å²) in [5.74, 6) is 0.171. The van der Waals surface area contributed by atoms with Crippen molar-refractivity contribution in [1.29, 1.82) is 0 Å².